The van der Waals surface area contributed by atoms with Crippen LogP contribution in [0.2, 0.25) is 0 Å². The Morgan fingerprint density at radius 3 is 1.49 bits per heavy atom. The van der Waals surface area contributed by atoms with Crippen molar-refractivity contribution in [2.45, 2.75) is 198 Å². The lowest BCUT2D eigenvalue weighted by molar-refractivity contribution is -0.134. The SMILES string of the molecule is CC(C)(C)C(=O)Nc1nc2c(O)cccc2s1.CCCCCCC(=O)N(CCCCCBr)C(C)C.CCCCCCC(=O)N(CCCCCOc1cccc2sc(NC(=O)C(C)(C)C)nc12)C(C)C. The van der Waals surface area contributed by atoms with Gasteiger partial charge in [-0.1, -0.05) is 151 Å². The highest BCUT2D eigenvalue weighted by molar-refractivity contribution is 9.09. The predicted molar refractivity (Wildman–Crippen MR) is 295 cm³/mol. The predicted octanol–water partition coefficient (Wildman–Crippen LogP) is 14.8. The molecule has 15 heteroatoms. The Bertz CT molecular complexity index is 2130. The first-order valence-corrected chi connectivity index (χ1v) is 28.3. The molecule has 0 bridgehead atoms. The lowest BCUT2D eigenvalue weighted by Crippen LogP contribution is -2.37. The van der Waals surface area contributed by atoms with E-state index in [-0.39, 0.29) is 29.5 Å². The van der Waals surface area contributed by atoms with E-state index in [9.17, 15) is 24.3 Å². The monoisotopic (exact) mass is 1060 g/mol. The normalized spacial score (nSPS) is 11.5. The van der Waals surface area contributed by atoms with Gasteiger partial charge in [-0.15, -0.1) is 0 Å². The second-order valence-electron chi connectivity index (χ2n) is 20.3. The van der Waals surface area contributed by atoms with Crippen LogP contribution in [0.15, 0.2) is 36.4 Å². The molecule has 12 nitrogen and oxygen atoms in total. The first kappa shape index (κ1) is 61.3. The smallest absolute Gasteiger partial charge is 0.231 e. The van der Waals surface area contributed by atoms with E-state index < -0.39 is 10.8 Å². The Morgan fingerprint density at radius 1 is 0.623 bits per heavy atom. The number of aromatic hydroxyl groups is 1. The Kier molecular flexibility index (Phi) is 28.6. The van der Waals surface area contributed by atoms with Gasteiger partial charge in [0.2, 0.25) is 23.6 Å². The molecule has 0 aliphatic rings. The van der Waals surface area contributed by atoms with Crippen LogP contribution in [0.5, 0.6) is 11.5 Å². The number of hydrogen-bond donors (Lipinski definition) is 3. The Balaban J connectivity index is 0.000000392. The first-order chi connectivity index (χ1) is 32.6. The van der Waals surface area contributed by atoms with Crippen LogP contribution < -0.4 is 15.4 Å². The molecule has 3 N–H and O–H groups in total. The van der Waals surface area contributed by atoms with Crippen molar-refractivity contribution >= 4 is 92.9 Å². The zero-order valence-electron chi connectivity index (χ0n) is 44.2. The van der Waals surface area contributed by atoms with Crippen molar-refractivity contribution in [1.82, 2.24) is 19.8 Å². The van der Waals surface area contributed by atoms with Gasteiger partial charge in [0.05, 0.1) is 16.0 Å². The summed E-state index contributed by atoms with van der Waals surface area (Å²) in [6.45, 7) is 26.3. The van der Waals surface area contributed by atoms with E-state index >= 15 is 0 Å². The van der Waals surface area contributed by atoms with Crippen LogP contribution in [0.25, 0.3) is 20.4 Å². The van der Waals surface area contributed by atoms with Gasteiger partial charge in [-0.25, -0.2) is 9.97 Å². The van der Waals surface area contributed by atoms with Crippen LogP contribution in [0.1, 0.15) is 186 Å². The molecule has 2 aromatic carbocycles. The van der Waals surface area contributed by atoms with Crippen LogP contribution in [0.3, 0.4) is 0 Å². The maximum atomic E-state index is 12.6. The molecule has 0 saturated heterocycles. The molecule has 4 rings (SSSR count). The third-order valence-corrected chi connectivity index (χ3v) is 13.7. The minimum absolute atomic E-state index is 0.0519. The van der Waals surface area contributed by atoms with E-state index in [2.05, 4.69) is 83.0 Å². The van der Waals surface area contributed by atoms with E-state index in [4.69, 9.17) is 4.74 Å². The number of aromatic nitrogens is 2. The number of amides is 4. The van der Waals surface area contributed by atoms with Crippen molar-refractivity contribution in [2.75, 3.05) is 35.7 Å². The van der Waals surface area contributed by atoms with Gasteiger partial charge in [0, 0.05) is 54.2 Å². The lowest BCUT2D eigenvalue weighted by Gasteiger charge is -2.27. The minimum Gasteiger partial charge on any atom is -0.506 e. The molecule has 4 amide bonds. The number of rotatable bonds is 26. The molecule has 0 atom stereocenters. The molecule has 0 fully saturated rings. The van der Waals surface area contributed by atoms with Gasteiger partial charge in [0.25, 0.3) is 0 Å². The summed E-state index contributed by atoms with van der Waals surface area (Å²) in [5.74, 6) is 1.37. The number of hydrogen-bond acceptors (Lipinski definition) is 10. The van der Waals surface area contributed by atoms with E-state index in [1.54, 1.807) is 12.1 Å². The number of halogens is 1. The number of fused-ring (bicyclic) bond motifs is 2. The zero-order valence-corrected chi connectivity index (χ0v) is 47.5. The maximum absolute atomic E-state index is 12.6. The van der Waals surface area contributed by atoms with Crippen molar-refractivity contribution in [3.63, 3.8) is 0 Å². The van der Waals surface area contributed by atoms with E-state index in [1.807, 2.05) is 70.7 Å². The standard InChI is InChI=1S/C27H43N3O3S.C15H30BrNO.C12H14N2O2S/c1-7-8-9-11-17-23(31)30(20(2)3)18-12-10-13-19-33-21-15-14-16-22-24(21)28-26(34-22)29-25(32)27(4,5)6;1-4-5-6-8-11-15(18)17(14(2)3)13-10-7-9-12-16;1-12(2,3)10(16)14-11-13-9-7(15)5-4-6-8(9)17-11/h14-16,20H,7-13,17-19H2,1-6H3,(H,28,29,32);14H,4-13H2,1-3H3;4-6,15H,1-3H3,(H,13,14,16). The quantitative estimate of drug-likeness (QED) is 0.0415. The Morgan fingerprint density at radius 2 is 1.06 bits per heavy atom. The molecular formula is C54H87BrN6O6S2. The highest BCUT2D eigenvalue weighted by Gasteiger charge is 2.24. The fourth-order valence-corrected chi connectivity index (χ4v) is 9.14. The topological polar surface area (TPSA) is 154 Å². The molecule has 0 saturated carbocycles. The summed E-state index contributed by atoms with van der Waals surface area (Å²) in [7, 11) is 0. The zero-order chi connectivity index (χ0) is 51.6. The van der Waals surface area contributed by atoms with Crippen molar-refractivity contribution in [3.8, 4) is 11.5 Å². The summed E-state index contributed by atoms with van der Waals surface area (Å²) in [5, 5.41) is 17.5. The molecule has 4 aromatic rings. The molecule has 0 aliphatic carbocycles. The number of benzene rings is 2. The Labute approximate surface area is 431 Å². The molecule has 2 heterocycles. The number of alkyl halides is 1. The van der Waals surface area contributed by atoms with Crippen LogP contribution in [0.4, 0.5) is 10.3 Å². The third kappa shape index (κ3) is 23.3. The molecule has 0 spiro atoms. The average molecular weight is 1060 g/mol. The van der Waals surface area contributed by atoms with Gasteiger partial charge in [-0.05, 0) is 96.9 Å². The number of carbonyl (C=O) groups excluding carboxylic acids is 4. The molecular weight excluding hydrogens is 973 g/mol. The number of nitrogens with one attached hydrogen (secondary N) is 2. The van der Waals surface area contributed by atoms with Crippen molar-refractivity contribution in [1.29, 1.82) is 0 Å². The van der Waals surface area contributed by atoms with Gasteiger partial charge < -0.3 is 30.3 Å². The second-order valence-corrected chi connectivity index (χ2v) is 23.2. The number of para-hydroxylation sites is 2. The number of phenols is 1. The summed E-state index contributed by atoms with van der Waals surface area (Å²) in [5.41, 5.74) is 0.389. The largest absolute Gasteiger partial charge is 0.506 e. The number of ether oxygens (including phenoxy) is 1. The van der Waals surface area contributed by atoms with Gasteiger partial charge in [-0.3, -0.25) is 19.2 Å². The number of carbonyl (C=O) groups is 4. The summed E-state index contributed by atoms with van der Waals surface area (Å²) in [6.07, 6.45) is 17.1. The molecule has 2 aromatic heterocycles. The molecule has 0 aliphatic heterocycles. The number of unbranched alkanes of at least 4 members (excludes halogenated alkanes) is 10. The molecule has 69 heavy (non-hydrogen) atoms. The lowest BCUT2D eigenvalue weighted by atomic mass is 9.96. The van der Waals surface area contributed by atoms with Gasteiger partial charge in [0.15, 0.2) is 10.3 Å². The number of phenolic OH excluding ortho intramolecular Hbond substituents is 1. The van der Waals surface area contributed by atoms with Gasteiger partial charge >= 0.3 is 0 Å². The van der Waals surface area contributed by atoms with Crippen molar-refractivity contribution in [2.24, 2.45) is 10.8 Å². The van der Waals surface area contributed by atoms with E-state index in [1.165, 1.54) is 67.6 Å². The summed E-state index contributed by atoms with van der Waals surface area (Å²) in [4.78, 5) is 61.6. The fraction of sp³-hybridized carbons (Fsp3) is 0.667. The summed E-state index contributed by atoms with van der Waals surface area (Å²) in [6, 6.07) is 11.7. The van der Waals surface area contributed by atoms with Crippen LogP contribution in [-0.2, 0) is 19.2 Å². The second kappa shape index (κ2) is 32.2. The third-order valence-electron chi connectivity index (χ3n) is 11.3. The molecule has 0 unspecified atom stereocenters. The van der Waals surface area contributed by atoms with Crippen molar-refractivity contribution < 1.29 is 29.0 Å². The summed E-state index contributed by atoms with van der Waals surface area (Å²) >= 11 is 6.25. The average Bonchev–Trinajstić information content (AvgIpc) is 3.90. The van der Waals surface area contributed by atoms with Gasteiger partial charge in [0.1, 0.15) is 22.5 Å². The first-order valence-electron chi connectivity index (χ1n) is 25.5. The van der Waals surface area contributed by atoms with E-state index in [0.717, 1.165) is 90.5 Å². The van der Waals surface area contributed by atoms with Crippen LogP contribution in [-0.4, -0.2) is 85.6 Å². The highest BCUT2D eigenvalue weighted by atomic mass is 79.9. The van der Waals surface area contributed by atoms with Crippen LogP contribution >= 0.6 is 38.6 Å². The minimum atomic E-state index is -0.470. The summed E-state index contributed by atoms with van der Waals surface area (Å²) < 4.78 is 7.88. The van der Waals surface area contributed by atoms with Crippen LogP contribution in [0, 0.1) is 10.8 Å². The molecule has 0 radical (unpaired) electrons. The number of anilines is 2. The maximum Gasteiger partial charge on any atom is 0.231 e. The fourth-order valence-electron chi connectivity index (χ4n) is 6.98. The number of thiazole rings is 2. The Hall–Kier alpha value is -3.82. The van der Waals surface area contributed by atoms with Gasteiger partial charge in [-0.2, -0.15) is 0 Å². The molecule has 388 valence electrons. The number of nitrogens with zero attached hydrogens (tertiary/aromatic N) is 4. The highest BCUT2D eigenvalue weighted by Crippen LogP contribution is 2.34. The van der Waals surface area contributed by atoms with E-state index in [0.29, 0.717) is 40.8 Å². The van der Waals surface area contributed by atoms with Crippen molar-refractivity contribution in [3.05, 3.63) is 36.4 Å².